The minimum atomic E-state index is -0.274. The van der Waals surface area contributed by atoms with Gasteiger partial charge in [0.2, 0.25) is 5.91 Å². The lowest BCUT2D eigenvalue weighted by molar-refractivity contribution is -0.162. The van der Waals surface area contributed by atoms with Crippen LogP contribution in [0.5, 0.6) is 5.75 Å². The van der Waals surface area contributed by atoms with E-state index in [-0.39, 0.29) is 18.1 Å². The van der Waals surface area contributed by atoms with Crippen LogP contribution in [0.15, 0.2) is 24.5 Å². The minimum Gasteiger partial charge on any atom is -0.492 e. The molecule has 1 aromatic rings. The molecule has 6 nitrogen and oxygen atoms in total. The fourth-order valence-electron chi connectivity index (χ4n) is 3.61. The van der Waals surface area contributed by atoms with Crippen LogP contribution >= 0.6 is 0 Å². The van der Waals surface area contributed by atoms with E-state index in [9.17, 15) is 4.79 Å². The molecule has 0 aromatic carbocycles. The Bertz CT molecular complexity index is 525. The molecule has 23 heavy (non-hydrogen) atoms. The van der Waals surface area contributed by atoms with Crippen molar-refractivity contribution in [1.29, 1.82) is 0 Å². The number of pyridine rings is 1. The van der Waals surface area contributed by atoms with Gasteiger partial charge in [-0.3, -0.25) is 9.78 Å². The average Bonchev–Trinajstić information content (AvgIpc) is 2.96. The van der Waals surface area contributed by atoms with Crippen LogP contribution in [0, 0.1) is 5.92 Å². The Hall–Kier alpha value is -1.66. The van der Waals surface area contributed by atoms with Crippen molar-refractivity contribution >= 4 is 5.91 Å². The maximum atomic E-state index is 12.1. The van der Waals surface area contributed by atoms with Gasteiger partial charge in [-0.2, -0.15) is 0 Å². The van der Waals surface area contributed by atoms with E-state index in [0.717, 1.165) is 25.0 Å². The first-order valence-corrected chi connectivity index (χ1v) is 8.17. The van der Waals surface area contributed by atoms with Gasteiger partial charge in [-0.05, 0) is 31.4 Å². The number of hydrogen-bond donors (Lipinski definition) is 0. The van der Waals surface area contributed by atoms with Crippen LogP contribution in [0.1, 0.15) is 19.3 Å². The van der Waals surface area contributed by atoms with Gasteiger partial charge in [0.1, 0.15) is 12.4 Å². The molecule has 1 aromatic heterocycles. The number of carbonyl (C=O) groups excluding carboxylic acids is 1. The summed E-state index contributed by atoms with van der Waals surface area (Å²) in [5, 5.41) is 0. The van der Waals surface area contributed by atoms with Crippen molar-refractivity contribution in [3.8, 4) is 5.75 Å². The van der Waals surface area contributed by atoms with Crippen molar-refractivity contribution in [3.63, 3.8) is 0 Å². The quantitative estimate of drug-likeness (QED) is 0.823. The van der Waals surface area contributed by atoms with Crippen LogP contribution in [-0.2, 0) is 14.3 Å². The summed E-state index contributed by atoms with van der Waals surface area (Å²) >= 11 is 0. The van der Waals surface area contributed by atoms with Crippen molar-refractivity contribution in [3.05, 3.63) is 24.5 Å². The number of hydrogen-bond acceptors (Lipinski definition) is 5. The van der Waals surface area contributed by atoms with Gasteiger partial charge in [0.05, 0.1) is 31.6 Å². The van der Waals surface area contributed by atoms with Gasteiger partial charge in [-0.25, -0.2) is 0 Å². The Morgan fingerprint density at radius 3 is 3.26 bits per heavy atom. The Morgan fingerprint density at radius 2 is 2.48 bits per heavy atom. The summed E-state index contributed by atoms with van der Waals surface area (Å²) in [6.45, 7) is 2.58. The third kappa shape index (κ3) is 3.64. The van der Waals surface area contributed by atoms with Gasteiger partial charge in [-0.1, -0.05) is 0 Å². The first kappa shape index (κ1) is 16.2. The van der Waals surface area contributed by atoms with E-state index in [1.54, 1.807) is 19.5 Å². The van der Waals surface area contributed by atoms with Crippen molar-refractivity contribution in [1.82, 2.24) is 9.88 Å². The molecule has 1 aliphatic heterocycles. The standard InChI is InChI=1S/C17H24N2O4/c1-21-12-16(20)19-8-9-23-17(13-19)6-2-4-14(17)11-22-15-5-3-7-18-10-15/h3,5,7,10,14H,2,4,6,8-9,11-13H2,1H3/t14-,17+/m0/s1. The molecule has 1 saturated carbocycles. The molecule has 2 aliphatic rings. The van der Waals surface area contributed by atoms with Gasteiger partial charge in [0.15, 0.2) is 0 Å². The van der Waals surface area contributed by atoms with Crippen LogP contribution < -0.4 is 4.74 Å². The van der Waals surface area contributed by atoms with E-state index in [2.05, 4.69) is 4.98 Å². The van der Waals surface area contributed by atoms with Gasteiger partial charge in [0.25, 0.3) is 0 Å². The highest BCUT2D eigenvalue weighted by atomic mass is 16.5. The molecular formula is C17H24N2O4. The summed E-state index contributed by atoms with van der Waals surface area (Å²) in [4.78, 5) is 18.1. The third-order valence-electron chi connectivity index (χ3n) is 4.81. The summed E-state index contributed by atoms with van der Waals surface area (Å²) < 4.78 is 17.0. The summed E-state index contributed by atoms with van der Waals surface area (Å²) in [5.74, 6) is 1.10. The molecular weight excluding hydrogens is 296 g/mol. The maximum absolute atomic E-state index is 12.1. The summed E-state index contributed by atoms with van der Waals surface area (Å²) in [6, 6.07) is 3.77. The molecule has 0 N–H and O–H groups in total. The largest absolute Gasteiger partial charge is 0.492 e. The Morgan fingerprint density at radius 1 is 1.57 bits per heavy atom. The summed E-state index contributed by atoms with van der Waals surface area (Å²) in [5.41, 5.74) is -0.274. The zero-order valence-corrected chi connectivity index (χ0v) is 13.6. The molecule has 1 amide bonds. The predicted octanol–water partition coefficient (Wildman–Crippen LogP) is 1.50. The third-order valence-corrected chi connectivity index (χ3v) is 4.81. The second-order valence-corrected chi connectivity index (χ2v) is 6.25. The van der Waals surface area contributed by atoms with E-state index in [4.69, 9.17) is 14.2 Å². The molecule has 1 aliphatic carbocycles. The SMILES string of the molecule is COCC(=O)N1CCO[C@]2(CCC[C@H]2COc2cccnc2)C1. The van der Waals surface area contributed by atoms with E-state index in [0.29, 0.717) is 32.2 Å². The molecule has 0 unspecified atom stereocenters. The second kappa shape index (κ2) is 7.27. The van der Waals surface area contributed by atoms with Crippen LogP contribution in [0.25, 0.3) is 0 Å². The molecule has 126 valence electrons. The van der Waals surface area contributed by atoms with Crippen molar-refractivity contribution in [2.45, 2.75) is 24.9 Å². The number of methoxy groups -OCH3 is 1. The summed E-state index contributed by atoms with van der Waals surface area (Å²) in [7, 11) is 1.55. The fourth-order valence-corrected chi connectivity index (χ4v) is 3.61. The lowest BCUT2D eigenvalue weighted by Gasteiger charge is -2.44. The Balaban J connectivity index is 1.63. The first-order valence-electron chi connectivity index (χ1n) is 8.17. The van der Waals surface area contributed by atoms with Crippen LogP contribution in [0.4, 0.5) is 0 Å². The minimum absolute atomic E-state index is 0.0361. The molecule has 1 spiro atoms. The van der Waals surface area contributed by atoms with Gasteiger partial charge < -0.3 is 19.1 Å². The average molecular weight is 320 g/mol. The van der Waals surface area contributed by atoms with E-state index >= 15 is 0 Å². The second-order valence-electron chi connectivity index (χ2n) is 6.25. The van der Waals surface area contributed by atoms with E-state index in [1.165, 1.54) is 0 Å². The van der Waals surface area contributed by atoms with Crippen molar-refractivity contribution < 1.29 is 19.0 Å². The van der Waals surface area contributed by atoms with E-state index in [1.807, 2.05) is 17.0 Å². The van der Waals surface area contributed by atoms with Crippen LogP contribution in [0.2, 0.25) is 0 Å². The summed E-state index contributed by atoms with van der Waals surface area (Å²) in [6.07, 6.45) is 6.59. The lowest BCUT2D eigenvalue weighted by Crippen LogP contribution is -2.57. The Labute approximate surface area is 136 Å². The zero-order valence-electron chi connectivity index (χ0n) is 13.6. The molecule has 6 heteroatoms. The van der Waals surface area contributed by atoms with Crippen molar-refractivity contribution in [2.24, 2.45) is 5.92 Å². The van der Waals surface area contributed by atoms with Crippen LogP contribution in [-0.4, -0.2) is 61.4 Å². The van der Waals surface area contributed by atoms with Gasteiger partial charge >= 0.3 is 0 Å². The predicted molar refractivity (Wildman–Crippen MR) is 84.2 cm³/mol. The number of carbonyl (C=O) groups is 1. The molecule has 3 rings (SSSR count). The highest BCUT2D eigenvalue weighted by molar-refractivity contribution is 5.77. The lowest BCUT2D eigenvalue weighted by atomic mass is 9.89. The number of amides is 1. The monoisotopic (exact) mass is 320 g/mol. The Kier molecular flexibility index (Phi) is 5.13. The normalized spacial score (nSPS) is 27.3. The number of morpholine rings is 1. The molecule has 2 fully saturated rings. The van der Waals surface area contributed by atoms with Gasteiger partial charge in [0, 0.05) is 25.8 Å². The fraction of sp³-hybridized carbons (Fsp3) is 0.647. The number of nitrogens with zero attached hydrogens (tertiary/aromatic N) is 2. The smallest absolute Gasteiger partial charge is 0.248 e. The molecule has 1 saturated heterocycles. The topological polar surface area (TPSA) is 60.9 Å². The molecule has 2 atom stereocenters. The number of rotatable bonds is 5. The maximum Gasteiger partial charge on any atom is 0.248 e. The van der Waals surface area contributed by atoms with Crippen LogP contribution in [0.3, 0.4) is 0 Å². The van der Waals surface area contributed by atoms with Crippen molar-refractivity contribution in [2.75, 3.05) is 40.0 Å². The molecule has 0 radical (unpaired) electrons. The molecule has 2 heterocycles. The highest BCUT2D eigenvalue weighted by Crippen LogP contribution is 2.41. The number of ether oxygens (including phenoxy) is 3. The highest BCUT2D eigenvalue weighted by Gasteiger charge is 2.48. The van der Waals surface area contributed by atoms with E-state index < -0.39 is 0 Å². The number of aromatic nitrogens is 1. The molecule has 0 bridgehead atoms. The van der Waals surface area contributed by atoms with Gasteiger partial charge in [-0.15, -0.1) is 0 Å². The zero-order chi connectivity index (χ0) is 16.1. The first-order chi connectivity index (χ1) is 11.2.